The third kappa shape index (κ3) is 5.47. The van der Waals surface area contributed by atoms with Crippen LogP contribution in [-0.4, -0.2) is 47.8 Å². The standard InChI is InChI=1S/C19H24NO8P/c1-11(2)27-19(24)12(3)20-29(25,10-26-4)28-16-9-15(18(22)23)17(21)14-8-6-5-7-13(14)16/h5-9,11-12,21H,10H2,1-4H3,(H,20,25)(H,22,23)/t12-,29?/m0/s1. The molecule has 0 heterocycles. The first-order valence-electron chi connectivity index (χ1n) is 8.82. The fourth-order valence-electron chi connectivity index (χ4n) is 2.67. The predicted molar refractivity (Wildman–Crippen MR) is 107 cm³/mol. The van der Waals surface area contributed by atoms with Crippen LogP contribution in [-0.2, 0) is 18.8 Å². The molecule has 0 aliphatic heterocycles. The molecule has 0 aliphatic carbocycles. The lowest BCUT2D eigenvalue weighted by Crippen LogP contribution is -2.36. The summed E-state index contributed by atoms with van der Waals surface area (Å²) in [6.45, 7) is 4.84. The normalized spacial score (nSPS) is 14.4. The Bertz CT molecular complexity index is 959. The summed E-state index contributed by atoms with van der Waals surface area (Å²) in [5.74, 6) is -2.46. The zero-order valence-electron chi connectivity index (χ0n) is 16.5. The van der Waals surface area contributed by atoms with E-state index in [-0.39, 0.29) is 23.6 Å². The van der Waals surface area contributed by atoms with Gasteiger partial charge in [0, 0.05) is 17.9 Å². The zero-order chi connectivity index (χ0) is 21.8. The first-order valence-corrected chi connectivity index (χ1v) is 10.6. The summed E-state index contributed by atoms with van der Waals surface area (Å²) in [6.07, 6.45) is -0.738. The van der Waals surface area contributed by atoms with Crippen molar-refractivity contribution in [1.29, 1.82) is 0 Å². The van der Waals surface area contributed by atoms with Crippen molar-refractivity contribution in [1.82, 2.24) is 5.09 Å². The van der Waals surface area contributed by atoms with Gasteiger partial charge in [0.2, 0.25) is 0 Å². The minimum atomic E-state index is -3.81. The molecule has 2 aromatic carbocycles. The Morgan fingerprint density at radius 1 is 1.17 bits per heavy atom. The highest BCUT2D eigenvalue weighted by Crippen LogP contribution is 2.47. The number of carbonyl (C=O) groups excluding carboxylic acids is 1. The molecule has 0 radical (unpaired) electrons. The fraction of sp³-hybridized carbons (Fsp3) is 0.368. The molecule has 3 N–H and O–H groups in total. The maximum Gasteiger partial charge on any atom is 0.342 e. The zero-order valence-corrected chi connectivity index (χ0v) is 17.4. The van der Waals surface area contributed by atoms with E-state index >= 15 is 0 Å². The largest absolute Gasteiger partial charge is 0.506 e. The molecule has 10 heteroatoms. The SMILES string of the molecule is COCP(=O)(N[C@@H](C)C(=O)OC(C)C)Oc1cc(C(=O)O)c(O)c2ccccc12. The third-order valence-electron chi connectivity index (χ3n) is 3.85. The van der Waals surface area contributed by atoms with E-state index in [9.17, 15) is 24.4 Å². The van der Waals surface area contributed by atoms with E-state index < -0.39 is 36.8 Å². The molecular weight excluding hydrogens is 401 g/mol. The number of fused-ring (bicyclic) bond motifs is 1. The third-order valence-corrected chi connectivity index (χ3v) is 5.72. The van der Waals surface area contributed by atoms with Crippen molar-refractivity contribution in [2.75, 3.05) is 13.5 Å². The van der Waals surface area contributed by atoms with Crippen LogP contribution in [0.5, 0.6) is 11.5 Å². The Balaban J connectivity index is 2.45. The molecule has 9 nitrogen and oxygen atoms in total. The Hall–Kier alpha value is -2.61. The van der Waals surface area contributed by atoms with Crippen LogP contribution in [0.25, 0.3) is 10.8 Å². The van der Waals surface area contributed by atoms with Gasteiger partial charge >= 0.3 is 19.5 Å². The number of rotatable bonds is 9. The van der Waals surface area contributed by atoms with Crippen molar-refractivity contribution >= 4 is 30.2 Å². The summed E-state index contributed by atoms with van der Waals surface area (Å²) >= 11 is 0. The van der Waals surface area contributed by atoms with Crippen molar-refractivity contribution in [2.24, 2.45) is 0 Å². The number of methoxy groups -OCH3 is 1. The van der Waals surface area contributed by atoms with Crippen LogP contribution >= 0.6 is 7.52 Å². The minimum absolute atomic E-state index is 0.0342. The monoisotopic (exact) mass is 425 g/mol. The number of phenols is 1. The van der Waals surface area contributed by atoms with Crippen LogP contribution in [0.4, 0.5) is 0 Å². The number of carbonyl (C=O) groups is 2. The van der Waals surface area contributed by atoms with Gasteiger partial charge in [0.05, 0.1) is 6.10 Å². The van der Waals surface area contributed by atoms with Crippen molar-refractivity contribution in [3.05, 3.63) is 35.9 Å². The van der Waals surface area contributed by atoms with Crippen LogP contribution in [0.3, 0.4) is 0 Å². The Morgan fingerprint density at radius 2 is 1.79 bits per heavy atom. The van der Waals surface area contributed by atoms with E-state index in [0.29, 0.717) is 5.39 Å². The highest BCUT2D eigenvalue weighted by Gasteiger charge is 2.32. The number of hydrogen-bond acceptors (Lipinski definition) is 7. The second kappa shape index (κ2) is 9.26. The number of carboxylic acid groups (broad SMARTS) is 1. The molecule has 0 fully saturated rings. The summed E-state index contributed by atoms with van der Waals surface area (Å²) in [5.41, 5.74) is -0.407. The maximum absolute atomic E-state index is 13.3. The molecule has 0 amide bonds. The van der Waals surface area contributed by atoms with Crippen LogP contribution in [0, 0.1) is 0 Å². The summed E-state index contributed by atoms with van der Waals surface area (Å²) in [4.78, 5) is 23.6. The fourth-order valence-corrected chi connectivity index (χ4v) is 4.35. The Morgan fingerprint density at radius 3 is 2.34 bits per heavy atom. The van der Waals surface area contributed by atoms with Gasteiger partial charge in [0.25, 0.3) is 0 Å². The van der Waals surface area contributed by atoms with E-state index in [4.69, 9.17) is 14.0 Å². The van der Waals surface area contributed by atoms with Gasteiger partial charge in [-0.1, -0.05) is 24.3 Å². The second-order valence-electron chi connectivity index (χ2n) is 6.64. The average Bonchev–Trinajstić information content (AvgIpc) is 2.63. The number of aromatic carboxylic acids is 1. The van der Waals surface area contributed by atoms with Crippen LogP contribution < -0.4 is 9.61 Å². The molecule has 2 aromatic rings. The first kappa shape index (κ1) is 22.7. The van der Waals surface area contributed by atoms with Gasteiger partial charge < -0.3 is 24.2 Å². The van der Waals surface area contributed by atoms with Crippen LogP contribution in [0.1, 0.15) is 31.1 Å². The molecule has 0 aliphatic rings. The van der Waals surface area contributed by atoms with Gasteiger partial charge in [0.15, 0.2) is 0 Å². The maximum atomic E-state index is 13.3. The van der Waals surface area contributed by atoms with Gasteiger partial charge in [-0.3, -0.25) is 9.36 Å². The molecule has 2 atom stereocenters. The summed E-state index contributed by atoms with van der Waals surface area (Å²) in [7, 11) is -2.50. The van der Waals surface area contributed by atoms with E-state index in [1.807, 2.05) is 0 Å². The van der Waals surface area contributed by atoms with Crippen LogP contribution in [0.2, 0.25) is 0 Å². The van der Waals surface area contributed by atoms with E-state index in [1.54, 1.807) is 32.0 Å². The molecule has 2 rings (SSSR count). The number of carboxylic acids is 1. The van der Waals surface area contributed by atoms with Crippen molar-refractivity contribution in [3.8, 4) is 11.5 Å². The molecule has 0 saturated carbocycles. The van der Waals surface area contributed by atoms with Gasteiger partial charge in [0.1, 0.15) is 29.5 Å². The topological polar surface area (TPSA) is 131 Å². The summed E-state index contributed by atoms with van der Waals surface area (Å²) < 4.78 is 29.1. The van der Waals surface area contributed by atoms with E-state index in [1.165, 1.54) is 20.1 Å². The molecule has 0 bridgehead atoms. The number of aromatic hydroxyl groups is 1. The molecule has 0 spiro atoms. The van der Waals surface area contributed by atoms with Gasteiger partial charge in [-0.25, -0.2) is 9.88 Å². The Labute approximate surface area is 168 Å². The van der Waals surface area contributed by atoms with Crippen molar-refractivity contribution in [3.63, 3.8) is 0 Å². The number of benzene rings is 2. The molecular formula is C19H24NO8P. The van der Waals surface area contributed by atoms with Gasteiger partial charge in [-0.2, -0.15) is 0 Å². The second-order valence-corrected chi connectivity index (χ2v) is 8.69. The molecule has 29 heavy (non-hydrogen) atoms. The lowest BCUT2D eigenvalue weighted by molar-refractivity contribution is -0.149. The highest BCUT2D eigenvalue weighted by molar-refractivity contribution is 7.57. The smallest absolute Gasteiger partial charge is 0.342 e. The predicted octanol–water partition coefficient (Wildman–Crippen LogP) is 3.35. The molecule has 158 valence electrons. The van der Waals surface area contributed by atoms with Crippen LogP contribution in [0.15, 0.2) is 30.3 Å². The van der Waals surface area contributed by atoms with Gasteiger partial charge in [-0.05, 0) is 26.8 Å². The average molecular weight is 425 g/mol. The number of nitrogens with one attached hydrogen (secondary N) is 1. The number of ether oxygens (including phenoxy) is 2. The molecule has 0 saturated heterocycles. The quantitative estimate of drug-likeness (QED) is 0.409. The first-order chi connectivity index (χ1) is 13.6. The van der Waals surface area contributed by atoms with E-state index in [0.717, 1.165) is 6.07 Å². The Kier molecular flexibility index (Phi) is 7.24. The highest BCUT2D eigenvalue weighted by atomic mass is 31.2. The summed E-state index contributed by atoms with van der Waals surface area (Å²) in [5, 5.41) is 22.8. The number of esters is 1. The molecule has 0 aromatic heterocycles. The van der Waals surface area contributed by atoms with Crippen molar-refractivity contribution in [2.45, 2.75) is 32.9 Å². The van der Waals surface area contributed by atoms with E-state index in [2.05, 4.69) is 5.09 Å². The summed E-state index contributed by atoms with van der Waals surface area (Å²) in [6, 6.07) is 6.49. The number of hydrogen-bond donors (Lipinski definition) is 3. The lowest BCUT2D eigenvalue weighted by Gasteiger charge is -2.24. The molecule has 1 unspecified atom stereocenters. The lowest BCUT2D eigenvalue weighted by atomic mass is 10.0. The van der Waals surface area contributed by atoms with Crippen molar-refractivity contribution < 1.29 is 38.4 Å². The minimum Gasteiger partial charge on any atom is -0.506 e. The van der Waals surface area contributed by atoms with Gasteiger partial charge in [-0.15, -0.1) is 0 Å².